The summed E-state index contributed by atoms with van der Waals surface area (Å²) in [5.74, 6) is -1.18. The fourth-order valence-corrected chi connectivity index (χ4v) is 2.79. The molecule has 1 aliphatic rings. The van der Waals surface area contributed by atoms with E-state index in [1.807, 2.05) is 37.3 Å². The van der Waals surface area contributed by atoms with E-state index in [4.69, 9.17) is 9.47 Å². The van der Waals surface area contributed by atoms with Crippen molar-refractivity contribution in [3.8, 4) is 0 Å². The zero-order valence-electron chi connectivity index (χ0n) is 13.3. The van der Waals surface area contributed by atoms with E-state index < -0.39 is 17.4 Å². The molecule has 0 amide bonds. The molecule has 116 valence electrons. The number of esters is 2. The van der Waals surface area contributed by atoms with Gasteiger partial charge in [0.1, 0.15) is 0 Å². The number of ether oxygens (including phenoxy) is 2. The molecule has 1 aromatic carbocycles. The Morgan fingerprint density at radius 1 is 1.09 bits per heavy atom. The van der Waals surface area contributed by atoms with E-state index in [1.54, 1.807) is 6.92 Å². The first-order chi connectivity index (χ1) is 10.5. The molecule has 0 bridgehead atoms. The highest BCUT2D eigenvalue weighted by Crippen LogP contribution is 2.41. The maximum Gasteiger partial charge on any atom is 0.327 e. The van der Waals surface area contributed by atoms with Crippen LogP contribution in [-0.4, -0.2) is 26.2 Å². The van der Waals surface area contributed by atoms with Crippen LogP contribution in [0.15, 0.2) is 42.0 Å². The standard InChI is InChI=1S/C18H20O4/c1-12-6-5-7-14(10-12)15-8-9-18(13(2)11-15,16(19)21-3)17(20)22-4/h5-8,10-11H,9H2,1-4H3. The minimum Gasteiger partial charge on any atom is -0.468 e. The topological polar surface area (TPSA) is 52.6 Å². The second kappa shape index (κ2) is 6.18. The average Bonchev–Trinajstić information content (AvgIpc) is 2.53. The molecule has 4 heteroatoms. The van der Waals surface area contributed by atoms with Crippen LogP contribution in [0.3, 0.4) is 0 Å². The van der Waals surface area contributed by atoms with E-state index in [2.05, 4.69) is 6.07 Å². The molecule has 0 atom stereocenters. The van der Waals surface area contributed by atoms with Gasteiger partial charge in [0.05, 0.1) is 14.2 Å². The Balaban J connectivity index is 2.45. The summed E-state index contributed by atoms with van der Waals surface area (Å²) in [4.78, 5) is 24.4. The van der Waals surface area contributed by atoms with E-state index >= 15 is 0 Å². The molecule has 0 saturated carbocycles. The van der Waals surface area contributed by atoms with Crippen LogP contribution in [0.2, 0.25) is 0 Å². The number of allylic oxidation sites excluding steroid dienone is 3. The van der Waals surface area contributed by atoms with Gasteiger partial charge in [0.2, 0.25) is 0 Å². The number of hydrogen-bond donors (Lipinski definition) is 0. The van der Waals surface area contributed by atoms with Gasteiger partial charge in [0, 0.05) is 0 Å². The van der Waals surface area contributed by atoms with Crippen LogP contribution in [0.25, 0.3) is 5.57 Å². The first kappa shape index (κ1) is 16.0. The first-order valence-electron chi connectivity index (χ1n) is 7.08. The van der Waals surface area contributed by atoms with Crippen LogP contribution < -0.4 is 0 Å². The van der Waals surface area contributed by atoms with Gasteiger partial charge in [-0.2, -0.15) is 0 Å². The summed E-state index contributed by atoms with van der Waals surface area (Å²) in [6.07, 6.45) is 3.97. The fraction of sp³-hybridized carbons (Fsp3) is 0.333. The van der Waals surface area contributed by atoms with Gasteiger partial charge in [-0.3, -0.25) is 9.59 Å². The van der Waals surface area contributed by atoms with E-state index in [0.29, 0.717) is 5.57 Å². The van der Waals surface area contributed by atoms with Gasteiger partial charge in [-0.1, -0.05) is 42.0 Å². The third-order valence-corrected chi connectivity index (χ3v) is 4.09. The van der Waals surface area contributed by atoms with Gasteiger partial charge in [-0.15, -0.1) is 0 Å². The molecule has 0 unspecified atom stereocenters. The minimum absolute atomic E-state index is 0.234. The van der Waals surface area contributed by atoms with Gasteiger partial charge in [-0.05, 0) is 37.0 Å². The molecule has 1 aliphatic carbocycles. The second-order valence-corrected chi connectivity index (χ2v) is 5.45. The third-order valence-electron chi connectivity index (χ3n) is 4.09. The van der Waals surface area contributed by atoms with Gasteiger partial charge in [-0.25, -0.2) is 0 Å². The number of carbonyl (C=O) groups is 2. The molecular weight excluding hydrogens is 280 g/mol. The van der Waals surface area contributed by atoms with Crippen molar-refractivity contribution in [1.29, 1.82) is 0 Å². The highest BCUT2D eigenvalue weighted by molar-refractivity contribution is 6.05. The molecule has 0 saturated heterocycles. The molecule has 0 heterocycles. The lowest BCUT2D eigenvalue weighted by Gasteiger charge is -2.31. The van der Waals surface area contributed by atoms with Crippen LogP contribution >= 0.6 is 0 Å². The largest absolute Gasteiger partial charge is 0.468 e. The average molecular weight is 300 g/mol. The molecule has 4 nitrogen and oxygen atoms in total. The molecule has 2 rings (SSSR count). The van der Waals surface area contributed by atoms with Crippen LogP contribution in [-0.2, 0) is 19.1 Å². The number of methoxy groups -OCH3 is 2. The zero-order chi connectivity index (χ0) is 16.3. The molecule has 22 heavy (non-hydrogen) atoms. The van der Waals surface area contributed by atoms with E-state index in [9.17, 15) is 9.59 Å². The summed E-state index contributed by atoms with van der Waals surface area (Å²) in [6, 6.07) is 8.08. The molecule has 0 aliphatic heterocycles. The Bertz CT molecular complexity index is 651. The van der Waals surface area contributed by atoms with Crippen LogP contribution in [0.5, 0.6) is 0 Å². The number of rotatable bonds is 3. The maximum absolute atomic E-state index is 12.2. The van der Waals surface area contributed by atoms with Crippen molar-refractivity contribution >= 4 is 17.5 Å². The SMILES string of the molecule is COC(=O)C1(C(=O)OC)CC=C(c2cccc(C)c2)C=C1C. The van der Waals surface area contributed by atoms with Crippen LogP contribution in [0.4, 0.5) is 0 Å². The normalized spacial score (nSPS) is 16.4. The molecule has 0 N–H and O–H groups in total. The van der Waals surface area contributed by atoms with Crippen molar-refractivity contribution < 1.29 is 19.1 Å². The smallest absolute Gasteiger partial charge is 0.327 e. The van der Waals surface area contributed by atoms with Crippen LogP contribution in [0.1, 0.15) is 24.5 Å². The molecule has 1 aromatic rings. The summed E-state index contributed by atoms with van der Waals surface area (Å²) in [6.45, 7) is 3.79. The number of carbonyl (C=O) groups excluding carboxylic acids is 2. The Hall–Kier alpha value is -2.36. The summed E-state index contributed by atoms with van der Waals surface area (Å²) in [5.41, 5.74) is 2.45. The van der Waals surface area contributed by atoms with Crippen molar-refractivity contribution in [2.24, 2.45) is 5.41 Å². The first-order valence-corrected chi connectivity index (χ1v) is 7.08. The van der Waals surface area contributed by atoms with E-state index in [1.165, 1.54) is 14.2 Å². The molecule has 0 aromatic heterocycles. The Labute approximate surface area is 130 Å². The lowest BCUT2D eigenvalue weighted by atomic mass is 9.73. The summed E-state index contributed by atoms with van der Waals surface area (Å²) in [5, 5.41) is 0. The Kier molecular flexibility index (Phi) is 4.50. The molecule has 0 radical (unpaired) electrons. The second-order valence-electron chi connectivity index (χ2n) is 5.45. The minimum atomic E-state index is -1.38. The predicted octanol–water partition coefficient (Wildman–Crippen LogP) is 3.06. The summed E-state index contributed by atoms with van der Waals surface area (Å²) in [7, 11) is 2.56. The number of hydrogen-bond acceptors (Lipinski definition) is 4. The fourth-order valence-electron chi connectivity index (χ4n) is 2.79. The Morgan fingerprint density at radius 3 is 2.23 bits per heavy atom. The zero-order valence-corrected chi connectivity index (χ0v) is 13.3. The third kappa shape index (κ3) is 2.56. The van der Waals surface area contributed by atoms with E-state index in [-0.39, 0.29) is 6.42 Å². The molecule has 0 spiro atoms. The van der Waals surface area contributed by atoms with Crippen molar-refractivity contribution in [2.75, 3.05) is 14.2 Å². The number of aryl methyl sites for hydroxylation is 1. The van der Waals surface area contributed by atoms with Crippen LogP contribution in [0, 0.1) is 12.3 Å². The monoisotopic (exact) mass is 300 g/mol. The van der Waals surface area contributed by atoms with Gasteiger partial charge in [0.25, 0.3) is 0 Å². The molecule has 0 fully saturated rings. The van der Waals surface area contributed by atoms with Gasteiger partial charge >= 0.3 is 11.9 Å². The lowest BCUT2D eigenvalue weighted by molar-refractivity contribution is -0.165. The Morgan fingerprint density at radius 2 is 1.73 bits per heavy atom. The van der Waals surface area contributed by atoms with E-state index in [0.717, 1.165) is 16.7 Å². The summed E-state index contributed by atoms with van der Waals surface area (Å²) >= 11 is 0. The summed E-state index contributed by atoms with van der Waals surface area (Å²) < 4.78 is 9.67. The maximum atomic E-state index is 12.2. The molecular formula is C18H20O4. The van der Waals surface area contributed by atoms with Crippen molar-refractivity contribution in [3.63, 3.8) is 0 Å². The quantitative estimate of drug-likeness (QED) is 0.636. The van der Waals surface area contributed by atoms with Crippen molar-refractivity contribution in [3.05, 3.63) is 53.1 Å². The van der Waals surface area contributed by atoms with Gasteiger partial charge in [0.15, 0.2) is 5.41 Å². The number of benzene rings is 1. The predicted molar refractivity (Wildman–Crippen MR) is 84.0 cm³/mol. The lowest BCUT2D eigenvalue weighted by Crippen LogP contribution is -2.43. The highest BCUT2D eigenvalue weighted by Gasteiger charge is 2.50. The highest BCUT2D eigenvalue weighted by atomic mass is 16.5. The van der Waals surface area contributed by atoms with Crippen molar-refractivity contribution in [2.45, 2.75) is 20.3 Å². The van der Waals surface area contributed by atoms with Crippen molar-refractivity contribution in [1.82, 2.24) is 0 Å². The van der Waals surface area contributed by atoms with Gasteiger partial charge < -0.3 is 9.47 Å².